The Labute approximate surface area is 162 Å². The van der Waals surface area contributed by atoms with E-state index in [-0.39, 0.29) is 17.9 Å². The third-order valence-corrected chi connectivity index (χ3v) is 9.75. The molecule has 1 aromatic carbocycles. The Morgan fingerprint density at radius 1 is 1.30 bits per heavy atom. The van der Waals surface area contributed by atoms with Crippen molar-refractivity contribution in [3.8, 4) is 6.07 Å². The maximum atomic E-state index is 13.3. The summed E-state index contributed by atoms with van der Waals surface area (Å²) >= 11 is 1.26. The van der Waals surface area contributed by atoms with Gasteiger partial charge in [0.05, 0.1) is 11.6 Å². The highest BCUT2D eigenvalue weighted by Gasteiger charge is 2.43. The van der Waals surface area contributed by atoms with Crippen molar-refractivity contribution in [2.75, 3.05) is 13.6 Å². The van der Waals surface area contributed by atoms with Gasteiger partial charge in [0.1, 0.15) is 4.21 Å². The number of piperidine rings is 1. The van der Waals surface area contributed by atoms with Gasteiger partial charge >= 0.3 is 0 Å². The molecular formula is C19H21N3O3S2. The molecule has 2 fully saturated rings. The normalized spacial score (nSPS) is 25.4. The van der Waals surface area contributed by atoms with E-state index in [1.165, 1.54) is 15.6 Å². The van der Waals surface area contributed by atoms with E-state index in [1.807, 2.05) is 6.07 Å². The van der Waals surface area contributed by atoms with Crippen molar-refractivity contribution in [1.82, 2.24) is 9.62 Å². The number of hydrogen-bond donors (Lipinski definition) is 1. The van der Waals surface area contributed by atoms with Gasteiger partial charge < -0.3 is 5.32 Å². The Morgan fingerprint density at radius 3 is 2.78 bits per heavy atom. The van der Waals surface area contributed by atoms with Crippen molar-refractivity contribution < 1.29 is 13.2 Å². The highest BCUT2D eigenvalue weighted by molar-refractivity contribution is 7.91. The van der Waals surface area contributed by atoms with Crippen molar-refractivity contribution >= 4 is 37.4 Å². The summed E-state index contributed by atoms with van der Waals surface area (Å²) in [4.78, 5) is 11.6. The third-order valence-electron chi connectivity index (χ3n) is 5.97. The Morgan fingerprint density at radius 2 is 2.04 bits per heavy atom. The summed E-state index contributed by atoms with van der Waals surface area (Å²) in [7, 11) is -1.98. The maximum absolute atomic E-state index is 13.3. The van der Waals surface area contributed by atoms with E-state index >= 15 is 0 Å². The number of hydrogen-bond acceptors (Lipinski definition) is 5. The Bertz CT molecular complexity index is 1070. The van der Waals surface area contributed by atoms with Crippen molar-refractivity contribution in [2.45, 2.75) is 36.4 Å². The van der Waals surface area contributed by atoms with Crippen molar-refractivity contribution in [3.63, 3.8) is 0 Å². The Hall–Kier alpha value is -1.95. The van der Waals surface area contributed by atoms with E-state index in [2.05, 4.69) is 11.4 Å². The Balaban J connectivity index is 1.65. The number of carbonyl (C=O) groups excluding carboxylic acids is 1. The first-order chi connectivity index (χ1) is 12.8. The van der Waals surface area contributed by atoms with Crippen LogP contribution >= 0.6 is 11.3 Å². The SMILES string of the molecule is Cc1c(S(=O)(=O)N(C)[C@H]2C[C@H]3CC(=O)NC[C@H]3C2)sc2ccc(C#N)cc12. The third kappa shape index (κ3) is 3.04. The zero-order chi connectivity index (χ0) is 19.3. The van der Waals surface area contributed by atoms with Crippen LogP contribution in [0.3, 0.4) is 0 Å². The highest BCUT2D eigenvalue weighted by atomic mass is 32.2. The molecule has 8 heteroatoms. The van der Waals surface area contributed by atoms with Crippen LogP contribution in [0.4, 0.5) is 0 Å². The lowest BCUT2D eigenvalue weighted by atomic mass is 9.89. The number of carbonyl (C=O) groups is 1. The van der Waals surface area contributed by atoms with Crippen LogP contribution in [-0.4, -0.2) is 38.3 Å². The molecule has 1 saturated carbocycles. The first kappa shape index (κ1) is 18.4. The molecule has 0 bridgehead atoms. The molecule has 6 nitrogen and oxygen atoms in total. The summed E-state index contributed by atoms with van der Waals surface area (Å²) in [6.45, 7) is 2.45. The van der Waals surface area contributed by atoms with E-state index in [1.54, 1.807) is 26.1 Å². The van der Waals surface area contributed by atoms with Crippen LogP contribution in [0, 0.1) is 30.1 Å². The van der Waals surface area contributed by atoms with Gasteiger partial charge in [0.15, 0.2) is 0 Å². The van der Waals surface area contributed by atoms with Crippen LogP contribution < -0.4 is 5.32 Å². The minimum Gasteiger partial charge on any atom is -0.356 e. The first-order valence-electron chi connectivity index (χ1n) is 8.99. The number of benzene rings is 1. The summed E-state index contributed by atoms with van der Waals surface area (Å²) in [5, 5.41) is 12.8. The molecule has 1 aliphatic carbocycles. The number of rotatable bonds is 3. The second kappa shape index (κ2) is 6.59. The summed E-state index contributed by atoms with van der Waals surface area (Å²) in [6.07, 6.45) is 2.01. The molecule has 142 valence electrons. The average molecular weight is 404 g/mol. The fraction of sp³-hybridized carbons (Fsp3) is 0.474. The quantitative estimate of drug-likeness (QED) is 0.853. The molecule has 1 aromatic heterocycles. The van der Waals surface area contributed by atoms with Crippen LogP contribution in [0.2, 0.25) is 0 Å². The fourth-order valence-corrected chi connectivity index (χ4v) is 7.66. The number of nitrogens with zero attached hydrogens (tertiary/aromatic N) is 2. The minimum atomic E-state index is -3.63. The van der Waals surface area contributed by atoms with Crippen LogP contribution in [0.5, 0.6) is 0 Å². The number of fused-ring (bicyclic) bond motifs is 2. The van der Waals surface area contributed by atoms with Crippen LogP contribution in [0.1, 0.15) is 30.4 Å². The second-order valence-corrected chi connectivity index (χ2v) is 10.8. The van der Waals surface area contributed by atoms with Crippen LogP contribution in [0.15, 0.2) is 22.4 Å². The minimum absolute atomic E-state index is 0.0658. The molecule has 2 heterocycles. The predicted molar refractivity (Wildman–Crippen MR) is 104 cm³/mol. The van der Waals surface area contributed by atoms with Gasteiger partial charge in [-0.3, -0.25) is 4.79 Å². The molecule has 1 saturated heterocycles. The van der Waals surface area contributed by atoms with Gasteiger partial charge in [0.2, 0.25) is 5.91 Å². The molecule has 1 N–H and O–H groups in total. The van der Waals surface area contributed by atoms with E-state index in [4.69, 9.17) is 5.26 Å². The molecule has 27 heavy (non-hydrogen) atoms. The van der Waals surface area contributed by atoms with Gasteiger partial charge in [-0.1, -0.05) is 0 Å². The summed E-state index contributed by atoms with van der Waals surface area (Å²) in [5.41, 5.74) is 1.23. The molecule has 2 aliphatic rings. The summed E-state index contributed by atoms with van der Waals surface area (Å²) in [5.74, 6) is 0.686. The second-order valence-electron chi connectivity index (χ2n) is 7.51. The molecule has 2 aromatic rings. The van der Waals surface area contributed by atoms with E-state index in [9.17, 15) is 13.2 Å². The van der Waals surface area contributed by atoms with Gasteiger partial charge in [0.25, 0.3) is 10.0 Å². The van der Waals surface area contributed by atoms with E-state index in [0.29, 0.717) is 34.2 Å². The lowest BCUT2D eigenvalue weighted by Gasteiger charge is -2.24. The van der Waals surface area contributed by atoms with Crippen molar-refractivity contribution in [1.29, 1.82) is 5.26 Å². The summed E-state index contributed by atoms with van der Waals surface area (Å²) in [6, 6.07) is 7.29. The van der Waals surface area contributed by atoms with Crippen molar-refractivity contribution in [2.24, 2.45) is 11.8 Å². The zero-order valence-corrected chi connectivity index (χ0v) is 16.9. The zero-order valence-electron chi connectivity index (χ0n) is 15.2. The van der Waals surface area contributed by atoms with Gasteiger partial charge in [-0.15, -0.1) is 11.3 Å². The number of thiophene rings is 1. The van der Waals surface area contributed by atoms with Gasteiger partial charge in [-0.05, 0) is 60.7 Å². The molecule has 1 amide bonds. The number of aryl methyl sites for hydroxylation is 1. The van der Waals surface area contributed by atoms with Crippen LogP contribution in [-0.2, 0) is 14.8 Å². The smallest absolute Gasteiger partial charge is 0.252 e. The topological polar surface area (TPSA) is 90.3 Å². The molecule has 3 atom stereocenters. The van der Waals surface area contributed by atoms with E-state index in [0.717, 1.165) is 22.9 Å². The molecule has 0 radical (unpaired) electrons. The Kier molecular flexibility index (Phi) is 4.49. The van der Waals surface area contributed by atoms with Gasteiger partial charge in [0, 0.05) is 30.8 Å². The largest absolute Gasteiger partial charge is 0.356 e. The lowest BCUT2D eigenvalue weighted by Crippen LogP contribution is -2.38. The standard InChI is InChI=1S/C19H21N3O3S2/c1-11-16-5-12(9-20)3-4-17(16)26-19(11)27(24,25)22(2)15-6-13-8-18(23)21-10-14(13)7-15/h3-5,13-15H,6-8,10H2,1-2H3,(H,21,23)/t13-,14+,15-/m0/s1. The molecule has 0 spiro atoms. The van der Waals surface area contributed by atoms with Gasteiger partial charge in [-0.2, -0.15) is 9.57 Å². The van der Waals surface area contributed by atoms with Gasteiger partial charge in [-0.25, -0.2) is 8.42 Å². The monoisotopic (exact) mass is 403 g/mol. The van der Waals surface area contributed by atoms with Crippen LogP contribution in [0.25, 0.3) is 10.1 Å². The molecule has 4 rings (SSSR count). The molecule has 1 aliphatic heterocycles. The maximum Gasteiger partial charge on any atom is 0.252 e. The molecular weight excluding hydrogens is 382 g/mol. The number of amides is 1. The number of sulfonamides is 1. The highest BCUT2D eigenvalue weighted by Crippen LogP contribution is 2.42. The lowest BCUT2D eigenvalue weighted by molar-refractivity contribution is -0.124. The predicted octanol–water partition coefficient (Wildman–Crippen LogP) is 2.62. The summed E-state index contributed by atoms with van der Waals surface area (Å²) < 4.78 is 29.4. The molecule has 0 unspecified atom stereocenters. The number of nitriles is 1. The fourth-order valence-electron chi connectivity index (χ4n) is 4.37. The first-order valence-corrected chi connectivity index (χ1v) is 11.2. The van der Waals surface area contributed by atoms with Crippen molar-refractivity contribution in [3.05, 3.63) is 29.3 Å². The van der Waals surface area contributed by atoms with E-state index < -0.39 is 10.0 Å². The average Bonchev–Trinajstić information content (AvgIpc) is 3.21. The number of nitrogens with one attached hydrogen (secondary N) is 1.